The highest BCUT2D eigenvalue weighted by molar-refractivity contribution is 5.04. The van der Waals surface area contributed by atoms with Crippen LogP contribution in [-0.4, -0.2) is 30.5 Å². The Kier molecular flexibility index (Phi) is 2.13. The molecule has 0 bridgehead atoms. The minimum absolute atomic E-state index is 0.0446. The summed E-state index contributed by atoms with van der Waals surface area (Å²) < 4.78 is 11.7. The van der Waals surface area contributed by atoms with Crippen molar-refractivity contribution < 1.29 is 9.47 Å². The molecular formula is C10H19NO2. The first-order valence-electron chi connectivity index (χ1n) is 5.11. The summed E-state index contributed by atoms with van der Waals surface area (Å²) in [5.74, 6) is 0. The van der Waals surface area contributed by atoms with E-state index in [2.05, 4.69) is 13.8 Å². The molecule has 3 heteroatoms. The lowest BCUT2D eigenvalue weighted by molar-refractivity contribution is -0.127. The Balaban J connectivity index is 2.13. The second-order valence-corrected chi connectivity index (χ2v) is 4.62. The molecule has 2 rings (SSSR count). The molecule has 1 spiro atoms. The summed E-state index contributed by atoms with van der Waals surface area (Å²) in [5.41, 5.74) is 5.43. The van der Waals surface area contributed by atoms with Crippen molar-refractivity contribution in [3.63, 3.8) is 0 Å². The molecule has 2 aliphatic heterocycles. The third kappa shape index (κ3) is 1.30. The minimum atomic E-state index is -0.128. The number of hydrogen-bond donors (Lipinski definition) is 1. The fourth-order valence-corrected chi connectivity index (χ4v) is 2.53. The summed E-state index contributed by atoms with van der Waals surface area (Å²) in [4.78, 5) is 0. The van der Waals surface area contributed by atoms with Crippen LogP contribution in [0.2, 0.25) is 0 Å². The van der Waals surface area contributed by atoms with Crippen molar-refractivity contribution in [1.29, 1.82) is 0 Å². The molecule has 0 aromatic heterocycles. The van der Waals surface area contributed by atoms with Crippen LogP contribution in [0.3, 0.4) is 0 Å². The van der Waals surface area contributed by atoms with Crippen molar-refractivity contribution in [3.05, 3.63) is 0 Å². The van der Waals surface area contributed by atoms with E-state index in [1.165, 1.54) is 0 Å². The lowest BCUT2D eigenvalue weighted by Crippen LogP contribution is -2.46. The normalized spacial score (nSPS) is 43.2. The monoisotopic (exact) mass is 185 g/mol. The smallest absolute Gasteiger partial charge is 0.0992 e. The highest BCUT2D eigenvalue weighted by Crippen LogP contribution is 2.47. The zero-order valence-corrected chi connectivity index (χ0v) is 8.51. The largest absolute Gasteiger partial charge is 0.372 e. The van der Waals surface area contributed by atoms with Gasteiger partial charge in [-0.05, 0) is 26.7 Å². The Morgan fingerprint density at radius 3 is 2.62 bits per heavy atom. The summed E-state index contributed by atoms with van der Waals surface area (Å²) in [6, 6.07) is 0. The van der Waals surface area contributed by atoms with Crippen LogP contribution in [0.5, 0.6) is 0 Å². The fourth-order valence-electron chi connectivity index (χ4n) is 2.53. The van der Waals surface area contributed by atoms with Crippen molar-refractivity contribution in [2.24, 2.45) is 5.73 Å². The number of ether oxygens (including phenoxy) is 2. The first-order chi connectivity index (χ1) is 6.10. The summed E-state index contributed by atoms with van der Waals surface area (Å²) in [7, 11) is 0. The molecule has 2 N–H and O–H groups in total. The van der Waals surface area contributed by atoms with E-state index in [1.54, 1.807) is 0 Å². The molecule has 3 nitrogen and oxygen atoms in total. The van der Waals surface area contributed by atoms with E-state index < -0.39 is 0 Å². The number of hydrogen-bond acceptors (Lipinski definition) is 3. The van der Waals surface area contributed by atoms with Gasteiger partial charge in [0, 0.05) is 13.0 Å². The van der Waals surface area contributed by atoms with Gasteiger partial charge in [-0.15, -0.1) is 0 Å². The Bertz CT molecular complexity index is 205. The van der Waals surface area contributed by atoms with E-state index in [1.807, 2.05) is 0 Å². The van der Waals surface area contributed by atoms with Gasteiger partial charge in [0.1, 0.15) is 0 Å². The highest BCUT2D eigenvalue weighted by atomic mass is 16.6. The third-order valence-corrected chi connectivity index (χ3v) is 3.59. The SMILES string of the molecule is CC1(C)OCC[C@@]12CC[C@H](CN)O2. The predicted molar refractivity (Wildman–Crippen MR) is 50.5 cm³/mol. The van der Waals surface area contributed by atoms with Crippen LogP contribution in [0.25, 0.3) is 0 Å². The van der Waals surface area contributed by atoms with E-state index in [-0.39, 0.29) is 17.3 Å². The number of rotatable bonds is 1. The second kappa shape index (κ2) is 2.94. The lowest BCUT2D eigenvalue weighted by Gasteiger charge is -2.36. The van der Waals surface area contributed by atoms with Crippen LogP contribution >= 0.6 is 0 Å². The fraction of sp³-hybridized carbons (Fsp3) is 1.00. The van der Waals surface area contributed by atoms with Gasteiger partial charge < -0.3 is 15.2 Å². The van der Waals surface area contributed by atoms with Gasteiger partial charge in [-0.1, -0.05) is 0 Å². The molecule has 0 amide bonds. The first kappa shape index (κ1) is 9.44. The van der Waals surface area contributed by atoms with Crippen molar-refractivity contribution in [3.8, 4) is 0 Å². The molecule has 0 aliphatic carbocycles. The molecule has 0 aromatic rings. The summed E-state index contributed by atoms with van der Waals surface area (Å²) >= 11 is 0. The second-order valence-electron chi connectivity index (χ2n) is 4.62. The Morgan fingerprint density at radius 2 is 2.15 bits per heavy atom. The van der Waals surface area contributed by atoms with Crippen LogP contribution in [0.15, 0.2) is 0 Å². The average molecular weight is 185 g/mol. The molecule has 13 heavy (non-hydrogen) atoms. The minimum Gasteiger partial charge on any atom is -0.372 e. The van der Waals surface area contributed by atoms with Gasteiger partial charge in [-0.3, -0.25) is 0 Å². The molecule has 2 atom stereocenters. The third-order valence-electron chi connectivity index (χ3n) is 3.59. The molecule has 2 saturated heterocycles. The Morgan fingerprint density at radius 1 is 1.38 bits per heavy atom. The van der Waals surface area contributed by atoms with Crippen LogP contribution in [0.4, 0.5) is 0 Å². The van der Waals surface area contributed by atoms with Crippen LogP contribution in [0.1, 0.15) is 33.1 Å². The zero-order valence-electron chi connectivity index (χ0n) is 8.51. The maximum atomic E-state index is 6.02. The predicted octanol–water partition coefficient (Wildman–Crippen LogP) is 1.06. The van der Waals surface area contributed by atoms with Gasteiger partial charge in [0.25, 0.3) is 0 Å². The van der Waals surface area contributed by atoms with Crippen molar-refractivity contribution >= 4 is 0 Å². The van der Waals surface area contributed by atoms with Gasteiger partial charge in [0.05, 0.1) is 23.9 Å². The van der Waals surface area contributed by atoms with Crippen LogP contribution in [-0.2, 0) is 9.47 Å². The quantitative estimate of drug-likeness (QED) is 0.664. The van der Waals surface area contributed by atoms with Gasteiger partial charge in [0.2, 0.25) is 0 Å². The van der Waals surface area contributed by atoms with Gasteiger partial charge in [-0.2, -0.15) is 0 Å². The molecule has 76 valence electrons. The molecular weight excluding hydrogens is 166 g/mol. The van der Waals surface area contributed by atoms with Crippen LogP contribution in [0, 0.1) is 0 Å². The lowest BCUT2D eigenvalue weighted by atomic mass is 9.83. The number of nitrogens with two attached hydrogens (primary N) is 1. The maximum Gasteiger partial charge on any atom is 0.0992 e. The van der Waals surface area contributed by atoms with Crippen molar-refractivity contribution in [2.75, 3.05) is 13.2 Å². The molecule has 2 heterocycles. The first-order valence-corrected chi connectivity index (χ1v) is 5.11. The maximum absolute atomic E-state index is 6.02. The summed E-state index contributed by atoms with van der Waals surface area (Å²) in [6.45, 7) is 5.71. The van der Waals surface area contributed by atoms with E-state index in [0.29, 0.717) is 6.54 Å². The van der Waals surface area contributed by atoms with E-state index in [4.69, 9.17) is 15.2 Å². The molecule has 2 fully saturated rings. The van der Waals surface area contributed by atoms with Crippen molar-refractivity contribution in [1.82, 2.24) is 0 Å². The van der Waals surface area contributed by atoms with Crippen molar-refractivity contribution in [2.45, 2.75) is 50.4 Å². The average Bonchev–Trinajstić information content (AvgIpc) is 2.60. The van der Waals surface area contributed by atoms with Gasteiger partial charge >= 0.3 is 0 Å². The van der Waals surface area contributed by atoms with Gasteiger partial charge in [-0.25, -0.2) is 0 Å². The van der Waals surface area contributed by atoms with E-state index >= 15 is 0 Å². The molecule has 2 aliphatic rings. The van der Waals surface area contributed by atoms with E-state index in [0.717, 1.165) is 25.9 Å². The summed E-state index contributed by atoms with van der Waals surface area (Å²) in [5, 5.41) is 0. The molecule has 0 aromatic carbocycles. The summed E-state index contributed by atoms with van der Waals surface area (Å²) in [6.07, 6.45) is 3.46. The Labute approximate surface area is 79.6 Å². The molecule has 0 radical (unpaired) electrons. The highest BCUT2D eigenvalue weighted by Gasteiger charge is 2.55. The standard InChI is InChI=1S/C10H19NO2/c1-9(2)10(5-6-12-9)4-3-8(7-11)13-10/h8H,3-7,11H2,1-2H3/t8-,10+/m1/s1. The van der Waals surface area contributed by atoms with E-state index in [9.17, 15) is 0 Å². The van der Waals surface area contributed by atoms with Gasteiger partial charge in [0.15, 0.2) is 0 Å². The Hall–Kier alpha value is -0.120. The molecule has 0 unspecified atom stereocenters. The van der Waals surface area contributed by atoms with Crippen LogP contribution < -0.4 is 5.73 Å². The topological polar surface area (TPSA) is 44.5 Å². The molecule has 0 saturated carbocycles. The zero-order chi connectivity index (χ0) is 9.53.